The predicted molar refractivity (Wildman–Crippen MR) is 109 cm³/mol. The molecule has 0 aliphatic carbocycles. The third-order valence-electron chi connectivity index (χ3n) is 4.38. The number of nitrogens with zero attached hydrogens (tertiary/aromatic N) is 1. The maximum absolute atomic E-state index is 12.5. The van der Waals surface area contributed by atoms with Crippen LogP contribution in [-0.4, -0.2) is 59.8 Å². The van der Waals surface area contributed by atoms with E-state index in [9.17, 15) is 14.7 Å². The van der Waals surface area contributed by atoms with E-state index < -0.39 is 6.61 Å². The molecule has 4 N–H and O–H groups in total. The van der Waals surface area contributed by atoms with Crippen LogP contribution in [0.15, 0.2) is 60.5 Å². The number of amides is 2. The van der Waals surface area contributed by atoms with Gasteiger partial charge in [0.2, 0.25) is 0 Å². The quantitative estimate of drug-likeness (QED) is 0.556. The molecule has 1 saturated heterocycles. The van der Waals surface area contributed by atoms with Gasteiger partial charge in [0.25, 0.3) is 11.8 Å². The first-order chi connectivity index (χ1) is 14.1. The first-order valence-electron chi connectivity index (χ1n) is 9.21. The summed E-state index contributed by atoms with van der Waals surface area (Å²) >= 11 is 0. The van der Waals surface area contributed by atoms with Crippen molar-refractivity contribution in [1.29, 1.82) is 0 Å². The molecule has 1 fully saturated rings. The zero-order valence-corrected chi connectivity index (χ0v) is 15.8. The monoisotopic (exact) mass is 397 g/mol. The number of hydrogen-bond acceptors (Lipinski definition) is 6. The minimum atomic E-state index is -0.475. The van der Waals surface area contributed by atoms with E-state index in [1.54, 1.807) is 53.4 Å². The Morgan fingerprint density at radius 3 is 2.45 bits per heavy atom. The highest BCUT2D eigenvalue weighted by molar-refractivity contribution is 6.05. The van der Waals surface area contributed by atoms with E-state index in [0.29, 0.717) is 48.8 Å². The van der Waals surface area contributed by atoms with E-state index in [2.05, 4.69) is 10.6 Å². The number of benzene rings is 2. The van der Waals surface area contributed by atoms with E-state index in [0.717, 1.165) is 0 Å². The Hall–Kier alpha value is -3.36. The number of carbonyl (C=O) groups excluding carboxylic acids is 2. The van der Waals surface area contributed by atoms with Crippen molar-refractivity contribution in [3.8, 4) is 0 Å². The maximum atomic E-state index is 12.5. The van der Waals surface area contributed by atoms with Crippen molar-refractivity contribution < 1.29 is 24.5 Å². The minimum Gasteiger partial charge on any atom is -0.508 e. The molecule has 3 rings (SSSR count). The predicted octanol–water partition coefficient (Wildman–Crippen LogP) is 2.21. The third-order valence-corrected chi connectivity index (χ3v) is 4.38. The number of ether oxygens (including phenoxy) is 1. The summed E-state index contributed by atoms with van der Waals surface area (Å²) in [6.07, 6.45) is 1.25. The number of aliphatic hydroxyl groups excluding tert-OH is 2. The van der Waals surface area contributed by atoms with Crippen molar-refractivity contribution in [3.05, 3.63) is 71.6 Å². The lowest BCUT2D eigenvalue weighted by atomic mass is 10.1. The second kappa shape index (κ2) is 9.72. The van der Waals surface area contributed by atoms with Gasteiger partial charge in [-0.15, -0.1) is 0 Å². The van der Waals surface area contributed by atoms with E-state index in [-0.39, 0.29) is 17.6 Å². The second-order valence-corrected chi connectivity index (χ2v) is 6.45. The molecule has 0 saturated carbocycles. The normalized spacial score (nSPS) is 14.4. The lowest BCUT2D eigenvalue weighted by Crippen LogP contribution is -2.40. The Labute approximate surface area is 168 Å². The van der Waals surface area contributed by atoms with Gasteiger partial charge >= 0.3 is 0 Å². The Kier molecular flexibility index (Phi) is 6.83. The molecule has 2 aromatic carbocycles. The zero-order chi connectivity index (χ0) is 20.6. The van der Waals surface area contributed by atoms with E-state index in [4.69, 9.17) is 9.84 Å². The average Bonchev–Trinajstić information content (AvgIpc) is 2.78. The number of rotatable bonds is 6. The van der Waals surface area contributed by atoms with Gasteiger partial charge in [0.05, 0.1) is 13.2 Å². The van der Waals surface area contributed by atoms with Gasteiger partial charge in [-0.25, -0.2) is 0 Å². The summed E-state index contributed by atoms with van der Waals surface area (Å²) in [6, 6.07) is 13.5. The van der Waals surface area contributed by atoms with Crippen LogP contribution in [-0.2, 0) is 4.74 Å². The lowest BCUT2D eigenvalue weighted by molar-refractivity contribution is 0.0303. The van der Waals surface area contributed by atoms with Crippen molar-refractivity contribution in [3.63, 3.8) is 0 Å². The summed E-state index contributed by atoms with van der Waals surface area (Å²) < 4.78 is 5.26. The summed E-state index contributed by atoms with van der Waals surface area (Å²) in [5, 5.41) is 23.7. The van der Waals surface area contributed by atoms with E-state index >= 15 is 0 Å². The molecule has 152 valence electrons. The van der Waals surface area contributed by atoms with Gasteiger partial charge in [0, 0.05) is 41.8 Å². The summed E-state index contributed by atoms with van der Waals surface area (Å²) in [5.74, 6) is -0.577. The van der Waals surface area contributed by atoms with Gasteiger partial charge in [-0.1, -0.05) is 6.07 Å². The van der Waals surface area contributed by atoms with Crippen LogP contribution >= 0.6 is 0 Å². The summed E-state index contributed by atoms with van der Waals surface area (Å²) in [5.41, 5.74) is 2.14. The molecule has 0 aromatic heterocycles. The van der Waals surface area contributed by atoms with Gasteiger partial charge in [-0.3, -0.25) is 9.59 Å². The van der Waals surface area contributed by atoms with E-state index in [1.165, 1.54) is 6.20 Å². The number of carbonyl (C=O) groups is 2. The average molecular weight is 397 g/mol. The van der Waals surface area contributed by atoms with E-state index in [1.807, 2.05) is 0 Å². The highest BCUT2D eigenvalue weighted by atomic mass is 16.5. The molecule has 1 aliphatic heterocycles. The Balaban J connectivity index is 1.62. The number of hydrogen-bond donors (Lipinski definition) is 4. The molecule has 2 amide bonds. The SMILES string of the molecule is O=C(Nc1ccc(C(=O)N2CCOCC2)cc1)c1cccc(NC=C(O)CO)c1. The van der Waals surface area contributed by atoms with Crippen molar-refractivity contribution in [2.75, 3.05) is 43.5 Å². The van der Waals surface area contributed by atoms with Crippen LogP contribution in [0.2, 0.25) is 0 Å². The molecular formula is C21H23N3O5. The molecule has 1 aliphatic rings. The number of nitrogens with one attached hydrogen (secondary N) is 2. The van der Waals surface area contributed by atoms with Gasteiger partial charge in [0.15, 0.2) is 0 Å². The minimum absolute atomic E-state index is 0.0517. The maximum Gasteiger partial charge on any atom is 0.255 e. The van der Waals surface area contributed by atoms with Crippen molar-refractivity contribution >= 4 is 23.2 Å². The molecule has 8 nitrogen and oxygen atoms in total. The molecule has 2 aromatic rings. The zero-order valence-electron chi connectivity index (χ0n) is 15.8. The fraction of sp³-hybridized carbons (Fsp3) is 0.238. The fourth-order valence-corrected chi connectivity index (χ4v) is 2.81. The second-order valence-electron chi connectivity index (χ2n) is 6.45. The largest absolute Gasteiger partial charge is 0.508 e. The Bertz CT molecular complexity index is 889. The Morgan fingerprint density at radius 1 is 1.03 bits per heavy atom. The first-order valence-corrected chi connectivity index (χ1v) is 9.21. The Morgan fingerprint density at radius 2 is 1.76 bits per heavy atom. The van der Waals surface area contributed by atoms with Crippen molar-refractivity contribution in [2.24, 2.45) is 0 Å². The number of morpholine rings is 1. The smallest absolute Gasteiger partial charge is 0.255 e. The van der Waals surface area contributed by atoms with Crippen LogP contribution in [0.25, 0.3) is 0 Å². The van der Waals surface area contributed by atoms with Gasteiger partial charge in [0.1, 0.15) is 12.4 Å². The molecule has 0 atom stereocenters. The number of anilines is 2. The molecule has 29 heavy (non-hydrogen) atoms. The molecule has 0 spiro atoms. The highest BCUT2D eigenvalue weighted by Crippen LogP contribution is 2.16. The topological polar surface area (TPSA) is 111 Å². The van der Waals surface area contributed by atoms with Crippen LogP contribution < -0.4 is 10.6 Å². The van der Waals surface area contributed by atoms with Gasteiger partial charge < -0.3 is 30.5 Å². The third kappa shape index (κ3) is 5.56. The molecule has 0 bridgehead atoms. The summed E-state index contributed by atoms with van der Waals surface area (Å²) in [4.78, 5) is 26.7. The summed E-state index contributed by atoms with van der Waals surface area (Å²) in [6.45, 7) is 1.77. The van der Waals surface area contributed by atoms with Crippen molar-refractivity contribution in [1.82, 2.24) is 4.90 Å². The molecular weight excluding hydrogens is 374 g/mol. The van der Waals surface area contributed by atoms with Crippen LogP contribution in [0.1, 0.15) is 20.7 Å². The molecule has 8 heteroatoms. The summed E-state index contributed by atoms with van der Waals surface area (Å²) in [7, 11) is 0. The highest BCUT2D eigenvalue weighted by Gasteiger charge is 2.18. The van der Waals surface area contributed by atoms with Gasteiger partial charge in [-0.2, -0.15) is 0 Å². The van der Waals surface area contributed by atoms with Crippen LogP contribution in [0.5, 0.6) is 0 Å². The van der Waals surface area contributed by atoms with Crippen molar-refractivity contribution in [2.45, 2.75) is 0 Å². The molecule has 0 radical (unpaired) electrons. The van der Waals surface area contributed by atoms with Crippen LogP contribution in [0.4, 0.5) is 11.4 Å². The van der Waals surface area contributed by atoms with Crippen LogP contribution in [0, 0.1) is 0 Å². The molecule has 0 unspecified atom stereocenters. The van der Waals surface area contributed by atoms with Crippen LogP contribution in [0.3, 0.4) is 0 Å². The fourth-order valence-electron chi connectivity index (χ4n) is 2.81. The lowest BCUT2D eigenvalue weighted by Gasteiger charge is -2.26. The first kappa shape index (κ1) is 20.4. The number of aliphatic hydroxyl groups is 2. The standard InChI is InChI=1S/C21H23N3O5/c25-14-19(26)13-22-18-3-1-2-16(12-18)20(27)23-17-6-4-15(5-7-17)21(28)24-8-10-29-11-9-24/h1-7,12-13,22,25-26H,8-11,14H2,(H,23,27). The molecule has 1 heterocycles. The van der Waals surface area contributed by atoms with Gasteiger partial charge in [-0.05, 0) is 42.5 Å².